The Morgan fingerprint density at radius 3 is 2.42 bits per heavy atom. The number of halogens is 4. The third kappa shape index (κ3) is 7.15. The van der Waals surface area contributed by atoms with Crippen molar-refractivity contribution in [3.05, 3.63) is 70.3 Å². The van der Waals surface area contributed by atoms with Crippen LogP contribution in [0.1, 0.15) is 68.3 Å². The normalized spacial score (nSPS) is 23.0. The molecule has 4 aliphatic rings. The van der Waals surface area contributed by atoms with E-state index in [1.54, 1.807) is 13.1 Å². The molecule has 2 aliphatic carbocycles. The van der Waals surface area contributed by atoms with Crippen molar-refractivity contribution in [2.24, 2.45) is 39.8 Å². The molecule has 0 spiro atoms. The summed E-state index contributed by atoms with van der Waals surface area (Å²) in [6, 6.07) is 4.47. The van der Waals surface area contributed by atoms with Gasteiger partial charge in [-0.25, -0.2) is 19.3 Å². The minimum absolute atomic E-state index is 0.0282. The number of nitrogens with zero attached hydrogens (tertiary/aromatic N) is 7. The number of aryl methyl sites for hydroxylation is 1. The lowest BCUT2D eigenvalue weighted by Gasteiger charge is -2.34. The van der Waals surface area contributed by atoms with Crippen LogP contribution in [0.3, 0.4) is 0 Å². The summed E-state index contributed by atoms with van der Waals surface area (Å²) >= 11 is 0. The fraction of sp³-hybridized carbons (Fsp3) is 0.500. The highest BCUT2D eigenvalue weighted by molar-refractivity contribution is 6.08. The van der Waals surface area contributed by atoms with Crippen molar-refractivity contribution in [1.29, 1.82) is 0 Å². The molecule has 4 heterocycles. The molecular weight excluding hydrogens is 688 g/mol. The number of hydrogen-bond donors (Lipinski definition) is 3. The van der Waals surface area contributed by atoms with E-state index >= 15 is 4.39 Å². The van der Waals surface area contributed by atoms with E-state index in [-0.39, 0.29) is 17.3 Å². The highest BCUT2D eigenvalue weighted by Crippen LogP contribution is 2.50. The summed E-state index contributed by atoms with van der Waals surface area (Å²) in [5.74, 6) is 0.176. The van der Waals surface area contributed by atoms with E-state index in [1.807, 2.05) is 11.9 Å². The minimum Gasteiger partial charge on any atom is -0.476 e. The minimum atomic E-state index is -4.64. The van der Waals surface area contributed by atoms with E-state index < -0.39 is 23.1 Å². The third-order valence-electron chi connectivity index (χ3n) is 11.1. The van der Waals surface area contributed by atoms with Gasteiger partial charge >= 0.3 is 6.18 Å². The summed E-state index contributed by atoms with van der Waals surface area (Å²) in [5.41, 5.74) is 19.5. The molecule has 3 aromatic rings. The fourth-order valence-corrected chi connectivity index (χ4v) is 7.63. The van der Waals surface area contributed by atoms with Crippen molar-refractivity contribution in [2.75, 3.05) is 51.8 Å². The lowest BCUT2D eigenvalue weighted by Crippen LogP contribution is -2.40. The molecule has 0 radical (unpaired) electrons. The third-order valence-corrected chi connectivity index (χ3v) is 11.1. The second kappa shape index (κ2) is 14.2. The first-order valence-electron chi connectivity index (χ1n) is 18.1. The average molecular weight is 735 g/mol. The number of aromatic nitrogens is 4. The van der Waals surface area contributed by atoms with Crippen LogP contribution < -0.4 is 26.4 Å². The number of benzene rings is 1. The average Bonchev–Trinajstić information content (AvgIpc) is 4.10. The number of nitrogens with two attached hydrogens (primary N) is 2. The molecule has 282 valence electrons. The zero-order chi connectivity index (χ0) is 37.7. The molecule has 2 aromatic heterocycles. The van der Waals surface area contributed by atoms with E-state index in [0.717, 1.165) is 78.8 Å². The zero-order valence-electron chi connectivity index (χ0n) is 30.5. The predicted octanol–water partition coefficient (Wildman–Crippen LogP) is 5.64. The second-order valence-electron chi connectivity index (χ2n) is 14.6. The molecule has 4 fully saturated rings. The number of aliphatic imine (C=N–C) groups is 2. The quantitative estimate of drug-likeness (QED) is 0.240. The molecule has 7 rings (SSSR count). The number of alkyl halides is 3. The Balaban J connectivity index is 1.21. The van der Waals surface area contributed by atoms with Crippen LogP contribution in [0.2, 0.25) is 0 Å². The molecule has 2 aliphatic heterocycles. The van der Waals surface area contributed by atoms with Crippen molar-refractivity contribution in [1.82, 2.24) is 24.8 Å². The van der Waals surface area contributed by atoms with Crippen LogP contribution in [0.5, 0.6) is 5.88 Å². The molecule has 5 N–H and O–H groups in total. The van der Waals surface area contributed by atoms with Crippen LogP contribution in [0.15, 0.2) is 57.6 Å². The van der Waals surface area contributed by atoms with Crippen molar-refractivity contribution >= 4 is 22.8 Å². The highest BCUT2D eigenvalue weighted by atomic mass is 19.4. The van der Waals surface area contributed by atoms with Gasteiger partial charge in [0.05, 0.1) is 22.5 Å². The molecule has 0 bridgehead atoms. The number of ether oxygens (including phenoxy) is 1. The number of piperidine rings is 2. The molecule has 1 atom stereocenters. The largest absolute Gasteiger partial charge is 0.476 e. The van der Waals surface area contributed by atoms with Crippen LogP contribution in [0, 0.1) is 17.2 Å². The number of hydrogen-bond acceptors (Lipinski definition) is 10. The van der Waals surface area contributed by atoms with E-state index in [1.165, 1.54) is 30.1 Å². The van der Waals surface area contributed by atoms with Crippen LogP contribution in [0.4, 0.5) is 23.2 Å². The van der Waals surface area contributed by atoms with Gasteiger partial charge in [-0.3, -0.25) is 9.98 Å². The van der Waals surface area contributed by atoms with E-state index in [4.69, 9.17) is 21.2 Å². The summed E-state index contributed by atoms with van der Waals surface area (Å²) < 4.78 is 63.4. The number of imidazole rings is 1. The number of anilines is 1. The summed E-state index contributed by atoms with van der Waals surface area (Å²) in [5, 5.41) is 3.44. The lowest BCUT2D eigenvalue weighted by molar-refractivity contribution is -0.140. The fourth-order valence-electron chi connectivity index (χ4n) is 7.63. The Morgan fingerprint density at radius 2 is 1.77 bits per heavy atom. The van der Waals surface area contributed by atoms with E-state index in [2.05, 4.69) is 32.2 Å². The first-order chi connectivity index (χ1) is 25.3. The Bertz CT molecular complexity index is 2020. The van der Waals surface area contributed by atoms with E-state index in [9.17, 15) is 13.2 Å². The maximum Gasteiger partial charge on any atom is 0.434 e. The monoisotopic (exact) mass is 734 g/mol. The topological polar surface area (TPSA) is 145 Å². The Morgan fingerprint density at radius 1 is 1.04 bits per heavy atom. The molecule has 0 amide bonds. The van der Waals surface area contributed by atoms with Crippen LogP contribution in [-0.4, -0.2) is 77.8 Å². The summed E-state index contributed by atoms with van der Waals surface area (Å²) in [4.78, 5) is 24.1. The Hall–Kier alpha value is -4.79. The SMILES string of the molecule is CN=C1CCN(c2ccc(-c3nc(C(F)(F)F)cn3C)c(F)c2)CC1=C(N)c1c(OCC(C)(C(N)=C2CNCCC2=NC)C2CC2)ncnc1C1CC1. The number of nitrogens with one attached hydrogen (secondary N) is 1. The Kier molecular flexibility index (Phi) is 9.81. The maximum atomic E-state index is 15.6. The smallest absolute Gasteiger partial charge is 0.434 e. The molecule has 2 saturated carbocycles. The molecule has 15 heteroatoms. The first kappa shape index (κ1) is 36.6. The van der Waals surface area contributed by atoms with Crippen LogP contribution in [-0.2, 0) is 13.2 Å². The molecule has 1 unspecified atom stereocenters. The highest BCUT2D eigenvalue weighted by Gasteiger charge is 2.46. The standard InChI is InChI=1S/C38H46F4N10O/c1-37(22-7-8-22,34(44)25-16-47-13-11-28(25)45-2)19-53-36-31(33(21-5-6-21)48-20-49-36)32(43)26-17-52(14-12-29(26)46-3)23-9-10-24(27(39)15-23)35-50-30(18-51(35)4)38(40,41)42/h9-10,15,18,20-22,47H,5-8,11-14,16-17,19,43-44H2,1-4H3. The van der Waals surface area contributed by atoms with Gasteiger partial charge in [-0.1, -0.05) is 6.92 Å². The molecular formula is C38H46F4N10O. The predicted molar refractivity (Wildman–Crippen MR) is 197 cm³/mol. The maximum absolute atomic E-state index is 15.6. The number of rotatable bonds is 9. The lowest BCUT2D eigenvalue weighted by atomic mass is 9.78. The van der Waals surface area contributed by atoms with Gasteiger partial charge in [0.1, 0.15) is 24.6 Å². The van der Waals surface area contributed by atoms with Crippen LogP contribution >= 0.6 is 0 Å². The summed E-state index contributed by atoms with van der Waals surface area (Å²) in [6.07, 6.45) is 3.15. The molecule has 53 heavy (non-hydrogen) atoms. The molecule has 11 nitrogen and oxygen atoms in total. The summed E-state index contributed by atoms with van der Waals surface area (Å²) in [7, 11) is 4.94. The zero-order valence-corrected chi connectivity index (χ0v) is 30.5. The van der Waals surface area contributed by atoms with Crippen molar-refractivity contribution < 1.29 is 22.3 Å². The first-order valence-corrected chi connectivity index (χ1v) is 18.1. The second-order valence-corrected chi connectivity index (χ2v) is 14.6. The van der Waals surface area contributed by atoms with Gasteiger partial charge in [-0.2, -0.15) is 13.2 Å². The van der Waals surface area contributed by atoms with Crippen molar-refractivity contribution in [3.8, 4) is 17.3 Å². The van der Waals surface area contributed by atoms with Gasteiger partial charge in [-0.05, 0) is 49.8 Å². The van der Waals surface area contributed by atoms with Gasteiger partial charge in [0.25, 0.3) is 0 Å². The van der Waals surface area contributed by atoms with Crippen LogP contribution in [0.25, 0.3) is 17.1 Å². The van der Waals surface area contributed by atoms with Gasteiger partial charge in [0, 0.05) is 112 Å². The van der Waals surface area contributed by atoms with Crippen molar-refractivity contribution in [2.45, 2.75) is 57.5 Å². The van der Waals surface area contributed by atoms with E-state index in [0.29, 0.717) is 61.4 Å². The van der Waals surface area contributed by atoms with Gasteiger partial charge in [-0.15, -0.1) is 0 Å². The Labute approximate surface area is 306 Å². The molecule has 1 aromatic carbocycles. The van der Waals surface area contributed by atoms with Gasteiger partial charge < -0.3 is 31.0 Å². The van der Waals surface area contributed by atoms with Gasteiger partial charge in [0.15, 0.2) is 5.69 Å². The van der Waals surface area contributed by atoms with Crippen molar-refractivity contribution in [3.63, 3.8) is 0 Å². The van der Waals surface area contributed by atoms with Gasteiger partial charge in [0.2, 0.25) is 5.88 Å². The summed E-state index contributed by atoms with van der Waals surface area (Å²) in [6.45, 7) is 4.82. The molecule has 2 saturated heterocycles.